The number of amides is 1. The maximum Gasteiger partial charge on any atom is 0.433 e. The number of anilines is 1. The third-order valence-corrected chi connectivity index (χ3v) is 6.99. The van der Waals surface area contributed by atoms with Crippen LogP contribution in [0.4, 0.5) is 19.1 Å². The quantitative estimate of drug-likeness (QED) is 0.312. The molecule has 4 aromatic rings. The smallest absolute Gasteiger partial charge is 0.433 e. The molecule has 1 amide bonds. The summed E-state index contributed by atoms with van der Waals surface area (Å²) in [7, 11) is 0. The van der Waals surface area contributed by atoms with Crippen LogP contribution in [0.2, 0.25) is 0 Å². The Labute approximate surface area is 228 Å². The van der Waals surface area contributed by atoms with Gasteiger partial charge in [-0.25, -0.2) is 15.0 Å². The Balaban J connectivity index is 1.17. The zero-order valence-electron chi connectivity index (χ0n) is 21.8. The van der Waals surface area contributed by atoms with E-state index in [9.17, 15) is 23.2 Å². The third kappa shape index (κ3) is 5.91. The van der Waals surface area contributed by atoms with Gasteiger partial charge in [-0.1, -0.05) is 13.3 Å². The number of alkyl halides is 3. The van der Waals surface area contributed by atoms with Crippen molar-refractivity contribution >= 4 is 23.0 Å². The molecular formula is C29H27F3N6O2. The molecule has 5 rings (SSSR count). The van der Waals surface area contributed by atoms with Gasteiger partial charge in [0.05, 0.1) is 11.6 Å². The first-order valence-corrected chi connectivity index (χ1v) is 13.1. The molecule has 0 unspecified atom stereocenters. The molecule has 1 aliphatic heterocycles. The third-order valence-electron chi connectivity index (χ3n) is 6.99. The molecule has 206 valence electrons. The van der Waals surface area contributed by atoms with Crippen LogP contribution in [-0.2, 0) is 12.6 Å². The van der Waals surface area contributed by atoms with E-state index in [1.165, 1.54) is 0 Å². The minimum Gasteiger partial charge on any atom is -0.436 e. The summed E-state index contributed by atoms with van der Waals surface area (Å²) in [5.74, 6) is 0.478. The lowest BCUT2D eigenvalue weighted by Gasteiger charge is -2.32. The van der Waals surface area contributed by atoms with Crippen LogP contribution in [0.3, 0.4) is 0 Å². The van der Waals surface area contributed by atoms with E-state index in [-0.39, 0.29) is 17.8 Å². The van der Waals surface area contributed by atoms with Crippen molar-refractivity contribution in [1.82, 2.24) is 20.3 Å². The van der Waals surface area contributed by atoms with Crippen LogP contribution < -0.4 is 10.2 Å². The highest BCUT2D eigenvalue weighted by Crippen LogP contribution is 2.30. The number of halogens is 3. The number of aryl methyl sites for hydroxylation is 1. The summed E-state index contributed by atoms with van der Waals surface area (Å²) in [4.78, 5) is 26.7. The monoisotopic (exact) mass is 548 g/mol. The molecule has 1 aliphatic rings. The Bertz CT molecular complexity index is 1550. The number of piperidine rings is 1. The van der Waals surface area contributed by atoms with Crippen LogP contribution in [0.25, 0.3) is 22.6 Å². The van der Waals surface area contributed by atoms with Gasteiger partial charge in [-0.2, -0.15) is 18.4 Å². The molecule has 1 saturated heterocycles. The fourth-order valence-corrected chi connectivity index (χ4v) is 4.84. The summed E-state index contributed by atoms with van der Waals surface area (Å²) >= 11 is 0. The summed E-state index contributed by atoms with van der Waals surface area (Å²) in [6.07, 6.45) is -0.304. The van der Waals surface area contributed by atoms with Gasteiger partial charge < -0.3 is 14.6 Å². The van der Waals surface area contributed by atoms with Gasteiger partial charge >= 0.3 is 6.18 Å². The number of benzene rings is 2. The zero-order valence-corrected chi connectivity index (χ0v) is 21.8. The SMILES string of the molecule is CCCc1cc(C#N)cc2nc(-c3ccc(C(=O)NCC4CCN(c5nccc(C(F)(F)F)n5)CC4)cc3)oc12. The molecule has 2 aromatic carbocycles. The molecule has 0 saturated carbocycles. The predicted molar refractivity (Wildman–Crippen MR) is 142 cm³/mol. The Morgan fingerprint density at radius 3 is 2.58 bits per heavy atom. The minimum atomic E-state index is -4.51. The molecule has 2 aromatic heterocycles. The summed E-state index contributed by atoms with van der Waals surface area (Å²) in [5.41, 5.74) is 3.04. The Morgan fingerprint density at radius 2 is 1.90 bits per heavy atom. The fraction of sp³-hybridized carbons (Fsp3) is 0.345. The number of nitrogens with one attached hydrogen (secondary N) is 1. The predicted octanol–water partition coefficient (Wildman–Crippen LogP) is 5.77. The van der Waals surface area contributed by atoms with Crippen molar-refractivity contribution < 1.29 is 22.4 Å². The molecule has 8 nitrogen and oxygen atoms in total. The Hall–Kier alpha value is -4.46. The van der Waals surface area contributed by atoms with Gasteiger partial charge in [0.25, 0.3) is 5.91 Å². The van der Waals surface area contributed by atoms with E-state index in [1.807, 2.05) is 6.07 Å². The van der Waals surface area contributed by atoms with E-state index in [1.54, 1.807) is 35.2 Å². The second-order valence-corrected chi connectivity index (χ2v) is 9.82. The molecular weight excluding hydrogens is 521 g/mol. The molecule has 0 spiro atoms. The molecule has 0 radical (unpaired) electrons. The molecule has 3 heterocycles. The highest BCUT2D eigenvalue weighted by Gasteiger charge is 2.33. The number of nitriles is 1. The van der Waals surface area contributed by atoms with Gasteiger partial charge in [-0.15, -0.1) is 0 Å². The van der Waals surface area contributed by atoms with Gasteiger partial charge in [0.1, 0.15) is 11.2 Å². The molecule has 0 bridgehead atoms. The second kappa shape index (κ2) is 11.3. The number of nitrogens with zero attached hydrogens (tertiary/aromatic N) is 5. The van der Waals surface area contributed by atoms with E-state index in [2.05, 4.69) is 33.3 Å². The number of fused-ring (bicyclic) bond motifs is 1. The van der Waals surface area contributed by atoms with Gasteiger partial charge in [0.15, 0.2) is 5.58 Å². The number of carbonyl (C=O) groups excluding carboxylic acids is 1. The van der Waals surface area contributed by atoms with Gasteiger partial charge in [0.2, 0.25) is 11.8 Å². The number of carbonyl (C=O) groups is 1. The normalized spacial score (nSPS) is 14.3. The highest BCUT2D eigenvalue weighted by atomic mass is 19.4. The van der Waals surface area contributed by atoms with E-state index >= 15 is 0 Å². The first-order chi connectivity index (χ1) is 19.2. The molecule has 0 atom stereocenters. The summed E-state index contributed by atoms with van der Waals surface area (Å²) in [5, 5.41) is 12.3. The average molecular weight is 549 g/mol. The van der Waals surface area contributed by atoms with Crippen molar-refractivity contribution in [1.29, 1.82) is 5.26 Å². The van der Waals surface area contributed by atoms with Crippen molar-refractivity contribution in [2.75, 3.05) is 24.5 Å². The maximum atomic E-state index is 13.0. The fourth-order valence-electron chi connectivity index (χ4n) is 4.84. The zero-order chi connectivity index (χ0) is 28.3. The van der Waals surface area contributed by atoms with E-state index in [0.29, 0.717) is 60.6 Å². The molecule has 11 heteroatoms. The Kier molecular flexibility index (Phi) is 7.69. The standard InChI is InChI=1S/C29H27F3N6O2/c1-2-3-22-14-19(16-33)15-23-25(22)40-27(36-23)21-6-4-20(5-7-21)26(39)35-17-18-9-12-38(13-10-18)28-34-11-8-24(37-28)29(30,31)32/h4-8,11,14-15,18H,2-3,9-10,12-13,17H2,1H3,(H,35,39). The number of rotatable bonds is 7. The number of oxazole rings is 1. The largest absolute Gasteiger partial charge is 0.436 e. The number of hydrogen-bond donors (Lipinski definition) is 1. The summed E-state index contributed by atoms with van der Waals surface area (Å²) < 4.78 is 44.9. The van der Waals surface area contributed by atoms with E-state index < -0.39 is 11.9 Å². The second-order valence-electron chi connectivity index (χ2n) is 9.82. The van der Waals surface area contributed by atoms with Crippen LogP contribution in [0.5, 0.6) is 0 Å². The minimum absolute atomic E-state index is 0.0726. The van der Waals surface area contributed by atoms with Crippen LogP contribution in [-0.4, -0.2) is 40.5 Å². The first kappa shape index (κ1) is 27.1. The molecule has 1 fully saturated rings. The van der Waals surface area contributed by atoms with Crippen molar-refractivity contribution in [2.24, 2.45) is 5.92 Å². The summed E-state index contributed by atoms with van der Waals surface area (Å²) in [6.45, 7) is 3.54. The van der Waals surface area contributed by atoms with Crippen LogP contribution in [0.1, 0.15) is 53.4 Å². The summed E-state index contributed by atoms with van der Waals surface area (Å²) in [6, 6.07) is 13.5. The lowest BCUT2D eigenvalue weighted by Crippen LogP contribution is -2.39. The topological polar surface area (TPSA) is 108 Å². The number of hydrogen-bond acceptors (Lipinski definition) is 7. The van der Waals surface area contributed by atoms with Crippen molar-refractivity contribution in [3.8, 4) is 17.5 Å². The number of aromatic nitrogens is 3. The highest BCUT2D eigenvalue weighted by molar-refractivity contribution is 5.94. The average Bonchev–Trinajstić information content (AvgIpc) is 3.40. The Morgan fingerprint density at radius 1 is 1.15 bits per heavy atom. The molecule has 1 N–H and O–H groups in total. The lowest BCUT2D eigenvalue weighted by molar-refractivity contribution is -0.141. The van der Waals surface area contributed by atoms with Gasteiger partial charge in [-0.3, -0.25) is 4.79 Å². The van der Waals surface area contributed by atoms with Crippen molar-refractivity contribution in [3.05, 3.63) is 71.0 Å². The van der Waals surface area contributed by atoms with Crippen LogP contribution in [0.15, 0.2) is 53.1 Å². The van der Waals surface area contributed by atoms with Crippen molar-refractivity contribution in [2.45, 2.75) is 38.8 Å². The van der Waals surface area contributed by atoms with Crippen LogP contribution >= 0.6 is 0 Å². The maximum absolute atomic E-state index is 13.0. The molecule has 40 heavy (non-hydrogen) atoms. The molecule has 0 aliphatic carbocycles. The van der Waals surface area contributed by atoms with Crippen molar-refractivity contribution in [3.63, 3.8) is 0 Å². The van der Waals surface area contributed by atoms with E-state index in [4.69, 9.17) is 4.42 Å². The van der Waals surface area contributed by atoms with Crippen LogP contribution in [0, 0.1) is 17.2 Å². The lowest BCUT2D eigenvalue weighted by atomic mass is 9.97. The first-order valence-electron chi connectivity index (χ1n) is 13.1. The van der Waals surface area contributed by atoms with Gasteiger partial charge in [0, 0.05) is 37.0 Å². The van der Waals surface area contributed by atoms with E-state index in [0.717, 1.165) is 36.2 Å². The van der Waals surface area contributed by atoms with Gasteiger partial charge in [-0.05, 0) is 73.2 Å².